The Morgan fingerprint density at radius 1 is 1.05 bits per heavy atom. The third-order valence-corrected chi connectivity index (χ3v) is 3.90. The monoisotopic (exact) mass is 298 g/mol. The molecule has 22 heavy (non-hydrogen) atoms. The Bertz CT molecular complexity index is 580. The molecule has 3 heteroatoms. The number of rotatable bonds is 6. The van der Waals surface area contributed by atoms with Crippen molar-refractivity contribution >= 4 is 5.97 Å². The van der Waals surface area contributed by atoms with Crippen LogP contribution in [0.2, 0.25) is 0 Å². The first-order valence-corrected chi connectivity index (χ1v) is 7.62. The number of benzene rings is 2. The van der Waals surface area contributed by atoms with Gasteiger partial charge in [-0.2, -0.15) is 0 Å². The quantitative estimate of drug-likeness (QED) is 0.820. The molecular weight excluding hydrogens is 276 g/mol. The van der Waals surface area contributed by atoms with Crippen LogP contribution in [0.15, 0.2) is 60.7 Å². The second-order valence-corrected chi connectivity index (χ2v) is 5.43. The van der Waals surface area contributed by atoms with Crippen LogP contribution in [0.5, 0.6) is 0 Å². The molecule has 0 aromatic heterocycles. The maximum Gasteiger partial charge on any atom is 0.338 e. The predicted molar refractivity (Wildman–Crippen MR) is 86.5 cm³/mol. The van der Waals surface area contributed by atoms with E-state index in [0.29, 0.717) is 12.0 Å². The number of hydrogen-bond acceptors (Lipinski definition) is 3. The lowest BCUT2D eigenvalue weighted by molar-refractivity contribution is -0.0154. The molecule has 1 N–H and O–H groups in total. The van der Waals surface area contributed by atoms with Crippen molar-refractivity contribution in [3.8, 4) is 0 Å². The summed E-state index contributed by atoms with van der Waals surface area (Å²) in [7, 11) is 0. The van der Waals surface area contributed by atoms with Gasteiger partial charge < -0.3 is 9.84 Å². The average molecular weight is 298 g/mol. The van der Waals surface area contributed by atoms with Crippen molar-refractivity contribution in [3.05, 3.63) is 71.8 Å². The van der Waals surface area contributed by atoms with Gasteiger partial charge in [-0.1, -0.05) is 62.4 Å². The molecule has 0 radical (unpaired) electrons. The van der Waals surface area contributed by atoms with Gasteiger partial charge in [-0.25, -0.2) is 4.79 Å². The topological polar surface area (TPSA) is 46.5 Å². The van der Waals surface area contributed by atoms with Gasteiger partial charge in [0.15, 0.2) is 0 Å². The summed E-state index contributed by atoms with van der Waals surface area (Å²) in [5.41, 5.74) is 1.37. The molecule has 0 saturated carbocycles. The Kier molecular flexibility index (Phi) is 5.73. The summed E-state index contributed by atoms with van der Waals surface area (Å²) in [6.45, 7) is 3.86. The SMILES string of the molecule is CC[C@@H](OC(=O)c1ccccc1)[C@@H](C)[C@H](O)c1ccccc1. The number of hydrogen-bond donors (Lipinski definition) is 1. The number of aliphatic hydroxyl groups is 1. The Labute approximate surface area is 131 Å². The third-order valence-electron chi connectivity index (χ3n) is 3.90. The van der Waals surface area contributed by atoms with Crippen LogP contribution in [-0.2, 0) is 4.74 Å². The molecule has 3 atom stereocenters. The van der Waals surface area contributed by atoms with E-state index in [9.17, 15) is 9.90 Å². The molecule has 0 bridgehead atoms. The normalized spacial score (nSPS) is 14.9. The zero-order chi connectivity index (χ0) is 15.9. The fraction of sp³-hybridized carbons (Fsp3) is 0.316. The Morgan fingerprint density at radius 2 is 1.59 bits per heavy atom. The highest BCUT2D eigenvalue weighted by atomic mass is 16.5. The zero-order valence-electron chi connectivity index (χ0n) is 13.0. The maximum atomic E-state index is 12.2. The van der Waals surface area contributed by atoms with Gasteiger partial charge in [-0.3, -0.25) is 0 Å². The van der Waals surface area contributed by atoms with E-state index in [-0.39, 0.29) is 18.0 Å². The molecule has 0 saturated heterocycles. The average Bonchev–Trinajstić information content (AvgIpc) is 2.59. The second kappa shape index (κ2) is 7.76. The summed E-state index contributed by atoms with van der Waals surface area (Å²) in [6, 6.07) is 18.4. The Hall–Kier alpha value is -2.13. The molecule has 0 spiro atoms. The van der Waals surface area contributed by atoms with Crippen molar-refractivity contribution < 1.29 is 14.6 Å². The van der Waals surface area contributed by atoms with Crippen molar-refractivity contribution in [2.45, 2.75) is 32.5 Å². The van der Waals surface area contributed by atoms with E-state index in [4.69, 9.17) is 4.74 Å². The maximum absolute atomic E-state index is 12.2. The fourth-order valence-electron chi connectivity index (χ4n) is 2.50. The van der Waals surface area contributed by atoms with Crippen LogP contribution in [0.25, 0.3) is 0 Å². The van der Waals surface area contributed by atoms with Crippen LogP contribution in [0, 0.1) is 5.92 Å². The molecular formula is C19H22O3. The molecule has 2 rings (SSSR count). The van der Waals surface area contributed by atoms with Gasteiger partial charge in [0.1, 0.15) is 6.10 Å². The minimum Gasteiger partial charge on any atom is -0.458 e. The summed E-state index contributed by atoms with van der Waals surface area (Å²) >= 11 is 0. The smallest absolute Gasteiger partial charge is 0.338 e. The largest absolute Gasteiger partial charge is 0.458 e. The minimum atomic E-state index is -0.658. The highest BCUT2D eigenvalue weighted by molar-refractivity contribution is 5.89. The van der Waals surface area contributed by atoms with Crippen molar-refractivity contribution in [2.75, 3.05) is 0 Å². The van der Waals surface area contributed by atoms with Crippen LogP contribution in [0.1, 0.15) is 42.3 Å². The van der Waals surface area contributed by atoms with Crippen molar-refractivity contribution in [2.24, 2.45) is 5.92 Å². The molecule has 0 heterocycles. The Balaban J connectivity index is 2.06. The second-order valence-electron chi connectivity index (χ2n) is 5.43. The van der Waals surface area contributed by atoms with Gasteiger partial charge in [0.05, 0.1) is 11.7 Å². The molecule has 0 amide bonds. The van der Waals surface area contributed by atoms with Crippen molar-refractivity contribution in [1.29, 1.82) is 0 Å². The van der Waals surface area contributed by atoms with E-state index in [1.165, 1.54) is 0 Å². The number of esters is 1. The highest BCUT2D eigenvalue weighted by Crippen LogP contribution is 2.27. The van der Waals surface area contributed by atoms with Crippen LogP contribution in [0.4, 0.5) is 0 Å². The standard InChI is InChI=1S/C19H22O3/c1-3-17(22-19(21)16-12-8-5-9-13-16)14(2)18(20)15-10-6-4-7-11-15/h4-14,17-18,20H,3H2,1-2H3/t14-,17-,18+/m1/s1. The van der Waals surface area contributed by atoms with Gasteiger partial charge in [0, 0.05) is 5.92 Å². The van der Waals surface area contributed by atoms with Gasteiger partial charge in [0.2, 0.25) is 0 Å². The molecule has 0 aliphatic heterocycles. The van der Waals surface area contributed by atoms with Gasteiger partial charge >= 0.3 is 5.97 Å². The first kappa shape index (κ1) is 16.2. The van der Waals surface area contributed by atoms with Gasteiger partial charge in [-0.15, -0.1) is 0 Å². The van der Waals surface area contributed by atoms with Gasteiger partial charge in [-0.05, 0) is 24.1 Å². The number of carbonyl (C=O) groups excluding carboxylic acids is 1. The van der Waals surface area contributed by atoms with E-state index in [1.807, 2.05) is 50.2 Å². The van der Waals surface area contributed by atoms with Crippen LogP contribution >= 0.6 is 0 Å². The Morgan fingerprint density at radius 3 is 2.14 bits per heavy atom. The molecule has 0 unspecified atom stereocenters. The van der Waals surface area contributed by atoms with E-state index in [0.717, 1.165) is 5.56 Å². The van der Waals surface area contributed by atoms with Crippen molar-refractivity contribution in [3.63, 3.8) is 0 Å². The summed E-state index contributed by atoms with van der Waals surface area (Å²) in [5, 5.41) is 10.5. The van der Waals surface area contributed by atoms with Crippen molar-refractivity contribution in [1.82, 2.24) is 0 Å². The van der Waals surface area contributed by atoms with Crippen LogP contribution < -0.4 is 0 Å². The molecule has 116 valence electrons. The van der Waals surface area contributed by atoms with E-state index in [2.05, 4.69) is 0 Å². The lowest BCUT2D eigenvalue weighted by Gasteiger charge is -2.27. The first-order valence-electron chi connectivity index (χ1n) is 7.62. The number of ether oxygens (including phenoxy) is 1. The lowest BCUT2D eigenvalue weighted by atomic mass is 9.91. The van der Waals surface area contributed by atoms with E-state index >= 15 is 0 Å². The molecule has 2 aromatic carbocycles. The summed E-state index contributed by atoms with van der Waals surface area (Å²) < 4.78 is 5.59. The van der Waals surface area contributed by atoms with Crippen LogP contribution in [-0.4, -0.2) is 17.2 Å². The molecule has 0 aliphatic rings. The third kappa shape index (κ3) is 3.95. The minimum absolute atomic E-state index is 0.180. The first-order chi connectivity index (χ1) is 10.6. The van der Waals surface area contributed by atoms with Crippen LogP contribution in [0.3, 0.4) is 0 Å². The number of carbonyl (C=O) groups is 1. The van der Waals surface area contributed by atoms with E-state index < -0.39 is 6.10 Å². The lowest BCUT2D eigenvalue weighted by Crippen LogP contribution is -2.29. The molecule has 2 aromatic rings. The predicted octanol–water partition coefficient (Wildman–Crippen LogP) is 3.99. The highest BCUT2D eigenvalue weighted by Gasteiger charge is 2.27. The molecule has 0 fully saturated rings. The molecule has 0 aliphatic carbocycles. The number of aliphatic hydroxyl groups excluding tert-OH is 1. The van der Waals surface area contributed by atoms with E-state index in [1.54, 1.807) is 24.3 Å². The zero-order valence-corrected chi connectivity index (χ0v) is 13.0. The summed E-state index contributed by atoms with van der Waals surface area (Å²) in [6.07, 6.45) is -0.332. The summed E-state index contributed by atoms with van der Waals surface area (Å²) in [5.74, 6) is -0.528. The molecule has 3 nitrogen and oxygen atoms in total. The van der Waals surface area contributed by atoms with Gasteiger partial charge in [0.25, 0.3) is 0 Å². The summed E-state index contributed by atoms with van der Waals surface area (Å²) in [4.78, 5) is 12.2. The fourth-order valence-corrected chi connectivity index (χ4v) is 2.50.